The van der Waals surface area contributed by atoms with Crippen LogP contribution in [0.1, 0.15) is 29.4 Å². The number of fused-ring (bicyclic) bond motifs is 1. The van der Waals surface area contributed by atoms with E-state index in [-0.39, 0.29) is 18.0 Å². The summed E-state index contributed by atoms with van der Waals surface area (Å²) in [5.74, 6) is -0.113. The number of aromatic nitrogens is 4. The second-order valence-corrected chi connectivity index (χ2v) is 8.48. The lowest BCUT2D eigenvalue weighted by molar-refractivity contribution is -0.115. The maximum atomic E-state index is 12.8. The molecule has 1 amide bonds. The maximum Gasteiger partial charge on any atom is 0.264 e. The van der Waals surface area contributed by atoms with Gasteiger partial charge in [-0.05, 0) is 43.9 Å². The molecule has 4 aromatic rings. The van der Waals surface area contributed by atoms with Crippen LogP contribution in [0, 0.1) is 20.8 Å². The average Bonchev–Trinajstić information content (AvgIpc) is 3.27. The Morgan fingerprint density at radius 2 is 2.03 bits per heavy atom. The number of hydrogen-bond donors (Lipinski definition) is 0. The van der Waals surface area contributed by atoms with Crippen LogP contribution in [0.4, 0.5) is 10.8 Å². The van der Waals surface area contributed by atoms with Crippen LogP contribution < -0.4 is 10.5 Å². The van der Waals surface area contributed by atoms with Crippen LogP contribution in [0.15, 0.2) is 34.7 Å². The van der Waals surface area contributed by atoms with Crippen molar-refractivity contribution in [3.05, 3.63) is 62.8 Å². The Labute approximate surface area is 175 Å². The second-order valence-electron chi connectivity index (χ2n) is 6.89. The molecule has 0 atom stereocenters. The number of anilines is 2. The van der Waals surface area contributed by atoms with Gasteiger partial charge in [-0.15, -0.1) is 11.3 Å². The molecule has 7 nitrogen and oxygen atoms in total. The molecule has 4 rings (SSSR count). The summed E-state index contributed by atoms with van der Waals surface area (Å²) in [7, 11) is 0. The molecule has 148 valence electrons. The summed E-state index contributed by atoms with van der Waals surface area (Å²) in [5.41, 5.74) is 4.20. The van der Waals surface area contributed by atoms with Crippen molar-refractivity contribution >= 4 is 49.8 Å². The summed E-state index contributed by atoms with van der Waals surface area (Å²) in [4.78, 5) is 36.3. The number of amides is 1. The predicted octanol–water partition coefficient (Wildman–Crippen LogP) is 3.97. The van der Waals surface area contributed by atoms with Gasteiger partial charge in [-0.2, -0.15) is 4.37 Å². The number of carbonyl (C=O) groups excluding carboxylic acids is 1. The van der Waals surface area contributed by atoms with Crippen molar-refractivity contribution in [3.63, 3.8) is 0 Å². The van der Waals surface area contributed by atoms with Crippen LogP contribution in [0.25, 0.3) is 10.2 Å². The van der Waals surface area contributed by atoms with Crippen molar-refractivity contribution in [2.45, 2.75) is 34.2 Å². The highest BCUT2D eigenvalue weighted by atomic mass is 32.1. The van der Waals surface area contributed by atoms with Gasteiger partial charge in [0.1, 0.15) is 0 Å². The van der Waals surface area contributed by atoms with Gasteiger partial charge in [-0.3, -0.25) is 19.1 Å². The molecular formula is C20H19N5O2S2. The van der Waals surface area contributed by atoms with Crippen molar-refractivity contribution in [3.8, 4) is 0 Å². The smallest absolute Gasteiger partial charge is 0.264 e. The molecule has 9 heteroatoms. The summed E-state index contributed by atoms with van der Waals surface area (Å²) in [6.07, 6.45) is 1.52. The predicted molar refractivity (Wildman–Crippen MR) is 116 cm³/mol. The zero-order chi connectivity index (χ0) is 20.7. The lowest BCUT2D eigenvalue weighted by Gasteiger charge is -2.20. The molecule has 0 fully saturated rings. The monoisotopic (exact) mass is 425 g/mol. The normalized spacial score (nSPS) is 11.2. The van der Waals surface area contributed by atoms with Gasteiger partial charge in [-0.25, -0.2) is 9.97 Å². The van der Waals surface area contributed by atoms with Gasteiger partial charge < -0.3 is 0 Å². The standard InChI is InChI=1S/C20H19N5O2S2/c1-11-5-6-16(12(2)7-11)25(14(4)26)20-22-15(9-28-20)8-24-10-21-18-17(19(24)27)13(3)23-29-18/h5-7,9-10H,8H2,1-4H3. The molecule has 0 bridgehead atoms. The first kappa shape index (κ1) is 19.4. The van der Waals surface area contributed by atoms with E-state index in [4.69, 9.17) is 0 Å². The van der Waals surface area contributed by atoms with E-state index >= 15 is 0 Å². The first-order valence-electron chi connectivity index (χ1n) is 8.99. The number of rotatable bonds is 4. The third-order valence-electron chi connectivity index (χ3n) is 4.61. The molecule has 0 saturated heterocycles. The van der Waals surface area contributed by atoms with Crippen LogP contribution in [0.2, 0.25) is 0 Å². The molecule has 1 aromatic carbocycles. The van der Waals surface area contributed by atoms with Gasteiger partial charge >= 0.3 is 0 Å². The minimum Gasteiger partial charge on any atom is -0.292 e. The third-order valence-corrected chi connectivity index (χ3v) is 6.33. The topological polar surface area (TPSA) is 81.0 Å². The highest BCUT2D eigenvalue weighted by molar-refractivity contribution is 7.14. The van der Waals surface area contributed by atoms with Gasteiger partial charge in [0, 0.05) is 12.3 Å². The SMILES string of the molecule is CC(=O)N(c1nc(Cn2cnc3snc(C)c3c2=O)cs1)c1ccc(C)cc1C. The minimum absolute atomic E-state index is 0.113. The summed E-state index contributed by atoms with van der Waals surface area (Å²) < 4.78 is 5.73. The van der Waals surface area contributed by atoms with Crippen molar-refractivity contribution in [1.29, 1.82) is 0 Å². The Morgan fingerprint density at radius 1 is 1.24 bits per heavy atom. The first-order chi connectivity index (χ1) is 13.8. The molecule has 0 radical (unpaired) electrons. The fraction of sp³-hybridized carbons (Fsp3) is 0.250. The molecule has 0 unspecified atom stereocenters. The molecule has 0 aliphatic carbocycles. The summed E-state index contributed by atoms with van der Waals surface area (Å²) in [6, 6.07) is 5.95. The molecule has 0 saturated carbocycles. The molecule has 0 spiro atoms. The van der Waals surface area contributed by atoms with Crippen molar-refractivity contribution in [2.75, 3.05) is 4.90 Å². The van der Waals surface area contributed by atoms with Gasteiger partial charge in [0.05, 0.1) is 35.3 Å². The van der Waals surface area contributed by atoms with E-state index in [1.54, 1.807) is 4.90 Å². The van der Waals surface area contributed by atoms with Crippen LogP contribution >= 0.6 is 22.9 Å². The van der Waals surface area contributed by atoms with Crippen LogP contribution in [0.3, 0.4) is 0 Å². The number of aryl methyl sites for hydroxylation is 3. The largest absolute Gasteiger partial charge is 0.292 e. The first-order valence-corrected chi connectivity index (χ1v) is 10.6. The lowest BCUT2D eigenvalue weighted by atomic mass is 10.1. The minimum atomic E-state index is -0.131. The Kier molecular flexibility index (Phi) is 5.01. The fourth-order valence-corrected chi connectivity index (χ4v) is 4.84. The molecular weight excluding hydrogens is 406 g/mol. The zero-order valence-electron chi connectivity index (χ0n) is 16.5. The fourth-order valence-electron chi connectivity index (χ4n) is 3.23. The van der Waals surface area contributed by atoms with Gasteiger partial charge in [-0.1, -0.05) is 17.7 Å². The number of thiazole rings is 1. The highest BCUT2D eigenvalue weighted by Crippen LogP contribution is 2.31. The van der Waals surface area contributed by atoms with Crippen molar-refractivity contribution < 1.29 is 4.79 Å². The van der Waals surface area contributed by atoms with Gasteiger partial charge in [0.25, 0.3) is 5.56 Å². The Balaban J connectivity index is 1.68. The van der Waals surface area contributed by atoms with Crippen LogP contribution in [-0.2, 0) is 11.3 Å². The molecule has 3 heterocycles. The second kappa shape index (κ2) is 7.49. The van der Waals surface area contributed by atoms with E-state index in [1.165, 1.54) is 40.7 Å². The van der Waals surface area contributed by atoms with Crippen molar-refractivity contribution in [2.24, 2.45) is 0 Å². The third kappa shape index (κ3) is 3.58. The number of nitrogens with zero attached hydrogens (tertiary/aromatic N) is 5. The van der Waals surface area contributed by atoms with Crippen LogP contribution in [-0.4, -0.2) is 24.8 Å². The number of carbonyl (C=O) groups is 1. The van der Waals surface area contributed by atoms with E-state index in [2.05, 4.69) is 14.3 Å². The van der Waals surface area contributed by atoms with E-state index in [1.807, 2.05) is 44.4 Å². The van der Waals surface area contributed by atoms with E-state index in [0.29, 0.717) is 26.7 Å². The molecule has 0 aliphatic rings. The summed E-state index contributed by atoms with van der Waals surface area (Å²) in [5, 5.41) is 2.99. The van der Waals surface area contributed by atoms with E-state index < -0.39 is 0 Å². The average molecular weight is 426 g/mol. The van der Waals surface area contributed by atoms with E-state index in [9.17, 15) is 9.59 Å². The summed E-state index contributed by atoms with van der Waals surface area (Å²) >= 11 is 2.60. The molecule has 29 heavy (non-hydrogen) atoms. The van der Waals surface area contributed by atoms with E-state index in [0.717, 1.165) is 16.8 Å². The summed E-state index contributed by atoms with van der Waals surface area (Å²) in [6.45, 7) is 7.61. The molecule has 0 aliphatic heterocycles. The highest BCUT2D eigenvalue weighted by Gasteiger charge is 2.20. The Morgan fingerprint density at radius 3 is 2.76 bits per heavy atom. The Hall–Kier alpha value is -2.91. The van der Waals surface area contributed by atoms with Crippen LogP contribution in [0.5, 0.6) is 0 Å². The number of hydrogen-bond acceptors (Lipinski definition) is 7. The Bertz CT molecular complexity index is 1290. The quantitative estimate of drug-likeness (QED) is 0.494. The molecule has 0 N–H and O–H groups in total. The lowest BCUT2D eigenvalue weighted by Crippen LogP contribution is -2.24. The number of benzene rings is 1. The maximum absolute atomic E-state index is 12.8. The van der Waals surface area contributed by atoms with Crippen molar-refractivity contribution in [1.82, 2.24) is 18.9 Å². The molecule has 3 aromatic heterocycles. The van der Waals surface area contributed by atoms with Gasteiger partial charge in [0.2, 0.25) is 5.91 Å². The zero-order valence-corrected chi connectivity index (χ0v) is 18.1. The van der Waals surface area contributed by atoms with Gasteiger partial charge in [0.15, 0.2) is 9.96 Å².